The minimum atomic E-state index is -0.792. The average molecular weight is 388 g/mol. The highest BCUT2D eigenvalue weighted by Gasteiger charge is 2.38. The summed E-state index contributed by atoms with van der Waals surface area (Å²) in [5, 5.41) is 13.5. The highest BCUT2D eigenvalue weighted by Crippen LogP contribution is 2.34. The van der Waals surface area contributed by atoms with Crippen LogP contribution in [0.5, 0.6) is 0 Å². The molecule has 4 rings (SSSR count). The first kappa shape index (κ1) is 18.2. The Morgan fingerprint density at radius 2 is 2.07 bits per heavy atom. The largest absolute Gasteiger partial charge is 0.480 e. The Kier molecular flexibility index (Phi) is 5.02. The lowest BCUT2D eigenvalue weighted by atomic mass is 9.85. The van der Waals surface area contributed by atoms with E-state index in [1.807, 2.05) is 12.1 Å². The van der Waals surface area contributed by atoms with E-state index in [9.17, 15) is 9.59 Å². The van der Waals surface area contributed by atoms with Gasteiger partial charge in [0.05, 0.1) is 17.6 Å². The number of nitrogens with zero attached hydrogens (tertiary/aromatic N) is 2. The number of carboxylic acid groups (broad SMARTS) is 1. The summed E-state index contributed by atoms with van der Waals surface area (Å²) >= 11 is 6.15. The van der Waals surface area contributed by atoms with Crippen molar-refractivity contribution in [3.8, 4) is 0 Å². The lowest BCUT2D eigenvalue weighted by molar-refractivity contribution is -0.139. The molecule has 2 aromatic rings. The van der Waals surface area contributed by atoms with Crippen LogP contribution in [0.2, 0.25) is 5.02 Å². The van der Waals surface area contributed by atoms with Gasteiger partial charge in [-0.1, -0.05) is 17.7 Å². The van der Waals surface area contributed by atoms with Crippen LogP contribution in [0.15, 0.2) is 30.5 Å². The smallest absolute Gasteiger partial charge is 0.317 e. The molecular weight excluding hydrogens is 366 g/mol. The van der Waals surface area contributed by atoms with Gasteiger partial charge in [0.2, 0.25) is 0 Å². The first-order chi connectivity index (χ1) is 13.0. The fraction of sp³-hybridized carbons (Fsp3) is 0.450. The molecule has 0 unspecified atom stereocenters. The predicted octanol–water partition coefficient (Wildman–Crippen LogP) is 2.95. The van der Waals surface area contributed by atoms with Crippen LogP contribution in [-0.2, 0) is 4.79 Å². The van der Waals surface area contributed by atoms with Gasteiger partial charge in [-0.05, 0) is 49.8 Å². The van der Waals surface area contributed by atoms with E-state index in [1.165, 1.54) is 12.8 Å². The maximum atomic E-state index is 12.7. The number of benzene rings is 1. The summed E-state index contributed by atoms with van der Waals surface area (Å²) in [6.07, 6.45) is 5.60. The molecule has 1 aromatic heterocycles. The zero-order valence-electron chi connectivity index (χ0n) is 14.9. The van der Waals surface area contributed by atoms with Gasteiger partial charge >= 0.3 is 5.97 Å². The van der Waals surface area contributed by atoms with Crippen molar-refractivity contribution in [2.24, 2.45) is 5.92 Å². The predicted molar refractivity (Wildman–Crippen MR) is 103 cm³/mol. The SMILES string of the molecule is O=C(O)CN(CC1CC1)C1CC(NC(=O)c2cc(Cl)cc3cccnc23)C1. The Labute approximate surface area is 162 Å². The normalized spacial score (nSPS) is 21.9. The van der Waals surface area contributed by atoms with E-state index in [0.29, 0.717) is 22.0 Å². The van der Waals surface area contributed by atoms with Crippen molar-refractivity contribution in [2.45, 2.75) is 37.8 Å². The first-order valence-electron chi connectivity index (χ1n) is 9.30. The molecule has 0 atom stereocenters. The summed E-state index contributed by atoms with van der Waals surface area (Å²) in [4.78, 5) is 30.2. The van der Waals surface area contributed by atoms with Crippen LogP contribution in [0.4, 0.5) is 0 Å². The maximum absolute atomic E-state index is 12.7. The van der Waals surface area contributed by atoms with Crippen molar-refractivity contribution >= 4 is 34.4 Å². The minimum Gasteiger partial charge on any atom is -0.480 e. The Balaban J connectivity index is 1.39. The lowest BCUT2D eigenvalue weighted by Crippen LogP contribution is -2.55. The molecular formula is C20H22ClN3O3. The molecule has 0 spiro atoms. The molecule has 0 saturated heterocycles. The van der Waals surface area contributed by atoms with Gasteiger partial charge < -0.3 is 10.4 Å². The van der Waals surface area contributed by atoms with Crippen molar-refractivity contribution in [3.63, 3.8) is 0 Å². The van der Waals surface area contributed by atoms with Gasteiger partial charge in [-0.25, -0.2) is 0 Å². The van der Waals surface area contributed by atoms with Crippen LogP contribution in [0, 0.1) is 5.92 Å². The standard InChI is InChI=1S/C20H22ClN3O3/c21-14-6-13-2-1-5-22-19(13)17(7-14)20(27)23-15-8-16(9-15)24(11-18(25)26)10-12-3-4-12/h1-2,5-7,12,15-16H,3-4,8-11H2,(H,23,27)(H,25,26). The summed E-state index contributed by atoms with van der Waals surface area (Å²) in [7, 11) is 0. The molecule has 27 heavy (non-hydrogen) atoms. The fourth-order valence-corrected chi connectivity index (χ4v) is 3.97. The molecule has 2 saturated carbocycles. The molecule has 2 aliphatic carbocycles. The molecule has 1 heterocycles. The van der Waals surface area contributed by atoms with E-state index in [0.717, 1.165) is 24.8 Å². The van der Waals surface area contributed by atoms with Crippen LogP contribution in [0.1, 0.15) is 36.0 Å². The summed E-state index contributed by atoms with van der Waals surface area (Å²) in [5.74, 6) is -0.335. The summed E-state index contributed by atoms with van der Waals surface area (Å²) in [6, 6.07) is 7.41. The van der Waals surface area contributed by atoms with Crippen LogP contribution < -0.4 is 5.32 Å². The van der Waals surface area contributed by atoms with E-state index in [1.54, 1.807) is 18.3 Å². The number of hydrogen-bond donors (Lipinski definition) is 2. The van der Waals surface area contributed by atoms with Gasteiger partial charge in [-0.2, -0.15) is 0 Å². The van der Waals surface area contributed by atoms with Crippen molar-refractivity contribution in [1.29, 1.82) is 0 Å². The average Bonchev–Trinajstić information content (AvgIpc) is 3.39. The molecule has 1 aromatic carbocycles. The Bertz CT molecular complexity index is 878. The number of nitrogens with one attached hydrogen (secondary N) is 1. The molecule has 0 radical (unpaired) electrons. The van der Waals surface area contributed by atoms with Crippen LogP contribution >= 0.6 is 11.6 Å². The zero-order chi connectivity index (χ0) is 19.0. The van der Waals surface area contributed by atoms with Crippen molar-refractivity contribution < 1.29 is 14.7 Å². The molecule has 0 bridgehead atoms. The number of fused-ring (bicyclic) bond motifs is 1. The van der Waals surface area contributed by atoms with Crippen LogP contribution in [0.25, 0.3) is 10.9 Å². The highest BCUT2D eigenvalue weighted by molar-refractivity contribution is 6.32. The highest BCUT2D eigenvalue weighted by atomic mass is 35.5. The Morgan fingerprint density at radius 3 is 2.78 bits per heavy atom. The fourth-order valence-electron chi connectivity index (χ4n) is 3.74. The van der Waals surface area contributed by atoms with Crippen molar-refractivity contribution in [1.82, 2.24) is 15.2 Å². The molecule has 2 N–H and O–H groups in total. The minimum absolute atomic E-state index is 0.0516. The van der Waals surface area contributed by atoms with E-state index in [-0.39, 0.29) is 24.5 Å². The van der Waals surface area contributed by atoms with Gasteiger partial charge in [0.25, 0.3) is 5.91 Å². The first-order valence-corrected chi connectivity index (χ1v) is 9.68. The topological polar surface area (TPSA) is 82.5 Å². The number of aromatic nitrogens is 1. The molecule has 7 heteroatoms. The molecule has 142 valence electrons. The number of carbonyl (C=O) groups excluding carboxylic acids is 1. The third-order valence-corrected chi connectivity index (χ3v) is 5.63. The van der Waals surface area contributed by atoms with Crippen LogP contribution in [0.3, 0.4) is 0 Å². The number of aliphatic carboxylic acids is 1. The monoisotopic (exact) mass is 387 g/mol. The van der Waals surface area contributed by atoms with Gasteiger partial charge in [-0.15, -0.1) is 0 Å². The second kappa shape index (κ2) is 7.44. The molecule has 0 aliphatic heterocycles. The number of hydrogen-bond acceptors (Lipinski definition) is 4. The lowest BCUT2D eigenvalue weighted by Gasteiger charge is -2.42. The Hall–Kier alpha value is -2.18. The Morgan fingerprint density at radius 1 is 1.30 bits per heavy atom. The molecule has 2 aliphatic rings. The van der Waals surface area contributed by atoms with Crippen LogP contribution in [-0.4, -0.2) is 52.0 Å². The number of carboxylic acids is 1. The summed E-state index contributed by atoms with van der Waals surface area (Å²) < 4.78 is 0. The van der Waals surface area contributed by atoms with Gasteiger partial charge in [0.15, 0.2) is 0 Å². The molecule has 2 fully saturated rings. The summed E-state index contributed by atoms with van der Waals surface area (Å²) in [5.41, 5.74) is 1.11. The van der Waals surface area contributed by atoms with Gasteiger partial charge in [-0.3, -0.25) is 19.5 Å². The van der Waals surface area contributed by atoms with E-state index in [4.69, 9.17) is 16.7 Å². The number of pyridine rings is 1. The van der Waals surface area contributed by atoms with E-state index in [2.05, 4.69) is 15.2 Å². The summed E-state index contributed by atoms with van der Waals surface area (Å²) in [6.45, 7) is 0.922. The third kappa shape index (κ3) is 4.22. The zero-order valence-corrected chi connectivity index (χ0v) is 15.7. The maximum Gasteiger partial charge on any atom is 0.317 e. The van der Waals surface area contributed by atoms with Crippen molar-refractivity contribution in [3.05, 3.63) is 41.0 Å². The van der Waals surface area contributed by atoms with Crippen molar-refractivity contribution in [2.75, 3.05) is 13.1 Å². The van der Waals surface area contributed by atoms with Gasteiger partial charge in [0, 0.05) is 35.2 Å². The molecule has 6 nitrogen and oxygen atoms in total. The van der Waals surface area contributed by atoms with E-state index < -0.39 is 5.97 Å². The number of halogens is 1. The number of rotatable bonds is 7. The third-order valence-electron chi connectivity index (χ3n) is 5.41. The quantitative estimate of drug-likeness (QED) is 0.763. The number of carbonyl (C=O) groups is 2. The van der Waals surface area contributed by atoms with E-state index >= 15 is 0 Å². The number of amides is 1. The molecule has 1 amide bonds. The second-order valence-corrected chi connectivity index (χ2v) is 8.03. The second-order valence-electron chi connectivity index (χ2n) is 7.59. The van der Waals surface area contributed by atoms with Gasteiger partial charge in [0.1, 0.15) is 0 Å².